The Morgan fingerprint density at radius 2 is 2.00 bits per heavy atom. The number of carbonyl (C=O) groups excluding carboxylic acids is 1. The first-order valence-electron chi connectivity index (χ1n) is 7.92. The second kappa shape index (κ2) is 8.77. The third-order valence-corrected chi connectivity index (χ3v) is 3.59. The summed E-state index contributed by atoms with van der Waals surface area (Å²) in [4.78, 5) is 22.4. The molecule has 6 nitrogen and oxygen atoms in total. The molecule has 0 aliphatic carbocycles. The number of ether oxygens (including phenoxy) is 1. The van der Waals surface area contributed by atoms with E-state index in [9.17, 15) is 19.3 Å². The Kier molecular flexibility index (Phi) is 6.45. The zero-order chi connectivity index (χ0) is 18.2. The van der Waals surface area contributed by atoms with Gasteiger partial charge in [-0.25, -0.2) is 4.39 Å². The fourth-order valence-electron chi connectivity index (χ4n) is 2.43. The Morgan fingerprint density at radius 3 is 2.64 bits per heavy atom. The summed E-state index contributed by atoms with van der Waals surface area (Å²) in [6.07, 6.45) is 1.62. The molecular formula is C18H19FN2O4. The number of rotatable bonds is 8. The van der Waals surface area contributed by atoms with Gasteiger partial charge in [0.05, 0.1) is 11.0 Å². The number of amides is 1. The normalized spacial score (nSPS) is 11.6. The van der Waals surface area contributed by atoms with Gasteiger partial charge in [-0.15, -0.1) is 0 Å². The summed E-state index contributed by atoms with van der Waals surface area (Å²) in [5, 5.41) is 13.8. The number of nitro benzene ring substituents is 1. The number of nitrogens with one attached hydrogen (secondary N) is 1. The lowest BCUT2D eigenvalue weighted by Crippen LogP contribution is -2.32. The first-order valence-corrected chi connectivity index (χ1v) is 7.92. The molecule has 2 rings (SSSR count). The summed E-state index contributed by atoms with van der Waals surface area (Å²) in [6, 6.07) is 12.2. The van der Waals surface area contributed by atoms with Crippen molar-refractivity contribution >= 4 is 11.6 Å². The SMILES string of the molecule is CCCC(NC(=O)COc1cc(F)ccc1[N+](=O)[O-])c1ccccc1. The summed E-state index contributed by atoms with van der Waals surface area (Å²) in [7, 11) is 0. The van der Waals surface area contributed by atoms with Gasteiger partial charge in [-0.05, 0) is 18.1 Å². The van der Waals surface area contributed by atoms with E-state index in [0.29, 0.717) is 0 Å². The van der Waals surface area contributed by atoms with Crippen LogP contribution < -0.4 is 10.1 Å². The van der Waals surface area contributed by atoms with Crippen molar-refractivity contribution in [3.05, 3.63) is 70.0 Å². The van der Waals surface area contributed by atoms with Gasteiger partial charge in [0.1, 0.15) is 5.82 Å². The van der Waals surface area contributed by atoms with Crippen LogP contribution in [0.15, 0.2) is 48.5 Å². The van der Waals surface area contributed by atoms with Crippen LogP contribution >= 0.6 is 0 Å². The van der Waals surface area contributed by atoms with Gasteiger partial charge >= 0.3 is 5.69 Å². The van der Waals surface area contributed by atoms with Crippen LogP contribution in [0.3, 0.4) is 0 Å². The third kappa shape index (κ3) is 5.27. The minimum Gasteiger partial charge on any atom is -0.477 e. The summed E-state index contributed by atoms with van der Waals surface area (Å²) in [5.74, 6) is -1.37. The van der Waals surface area contributed by atoms with E-state index in [1.807, 2.05) is 37.3 Å². The van der Waals surface area contributed by atoms with Crippen LogP contribution in [-0.2, 0) is 4.79 Å². The van der Waals surface area contributed by atoms with Crippen LogP contribution in [0.5, 0.6) is 5.75 Å². The standard InChI is InChI=1S/C18H19FN2O4/c1-2-6-15(13-7-4-3-5-8-13)20-18(22)12-25-17-11-14(19)9-10-16(17)21(23)24/h3-5,7-11,15H,2,6,12H2,1H3,(H,20,22). The number of carbonyl (C=O) groups is 1. The van der Waals surface area contributed by atoms with E-state index in [0.717, 1.165) is 36.6 Å². The van der Waals surface area contributed by atoms with Crippen molar-refractivity contribution in [1.29, 1.82) is 0 Å². The summed E-state index contributed by atoms with van der Waals surface area (Å²) >= 11 is 0. The highest BCUT2D eigenvalue weighted by Crippen LogP contribution is 2.27. The van der Waals surface area contributed by atoms with E-state index in [1.54, 1.807) is 0 Å². The number of nitrogens with zero attached hydrogens (tertiary/aromatic N) is 1. The number of benzene rings is 2. The smallest absolute Gasteiger partial charge is 0.311 e. The molecule has 0 aliphatic rings. The Balaban J connectivity index is 2.02. The van der Waals surface area contributed by atoms with Crippen LogP contribution in [-0.4, -0.2) is 17.4 Å². The molecule has 0 saturated heterocycles. The fraction of sp³-hybridized carbons (Fsp3) is 0.278. The molecule has 25 heavy (non-hydrogen) atoms. The van der Waals surface area contributed by atoms with Crippen molar-refractivity contribution in [2.45, 2.75) is 25.8 Å². The first kappa shape index (κ1) is 18.4. The molecule has 1 unspecified atom stereocenters. The molecule has 132 valence electrons. The maximum Gasteiger partial charge on any atom is 0.311 e. The minimum atomic E-state index is -0.684. The number of hydrogen-bond donors (Lipinski definition) is 1. The summed E-state index contributed by atoms with van der Waals surface area (Å²) in [5.41, 5.74) is 0.580. The molecule has 0 aliphatic heterocycles. The van der Waals surface area contributed by atoms with Crippen LogP contribution in [0.25, 0.3) is 0 Å². The van der Waals surface area contributed by atoms with Crippen molar-refractivity contribution in [2.75, 3.05) is 6.61 Å². The van der Waals surface area contributed by atoms with Crippen molar-refractivity contribution in [3.63, 3.8) is 0 Å². The molecule has 1 N–H and O–H groups in total. The fourth-order valence-corrected chi connectivity index (χ4v) is 2.43. The first-order chi connectivity index (χ1) is 12.0. The Morgan fingerprint density at radius 1 is 1.28 bits per heavy atom. The average molecular weight is 346 g/mol. The van der Waals surface area contributed by atoms with Crippen molar-refractivity contribution in [2.24, 2.45) is 0 Å². The molecule has 0 heterocycles. The van der Waals surface area contributed by atoms with Crippen LogP contribution in [0.2, 0.25) is 0 Å². The zero-order valence-electron chi connectivity index (χ0n) is 13.8. The maximum absolute atomic E-state index is 13.3. The molecule has 1 amide bonds. The molecule has 2 aromatic carbocycles. The third-order valence-electron chi connectivity index (χ3n) is 3.59. The van der Waals surface area contributed by atoms with Gasteiger partial charge in [0.25, 0.3) is 5.91 Å². The summed E-state index contributed by atoms with van der Waals surface area (Å²) < 4.78 is 18.4. The van der Waals surface area contributed by atoms with Gasteiger partial charge in [0.2, 0.25) is 5.75 Å². The van der Waals surface area contributed by atoms with Gasteiger partial charge < -0.3 is 10.1 Å². The predicted octanol–water partition coefficient (Wildman–Crippen LogP) is 3.77. The van der Waals surface area contributed by atoms with Crippen LogP contribution in [0.1, 0.15) is 31.4 Å². The highest BCUT2D eigenvalue weighted by molar-refractivity contribution is 5.78. The second-order valence-corrected chi connectivity index (χ2v) is 5.48. The molecule has 0 saturated carbocycles. The molecule has 0 aromatic heterocycles. The van der Waals surface area contributed by atoms with Crippen LogP contribution in [0.4, 0.5) is 10.1 Å². The largest absolute Gasteiger partial charge is 0.477 e. The topological polar surface area (TPSA) is 81.5 Å². The van der Waals surface area contributed by atoms with Crippen molar-refractivity contribution in [3.8, 4) is 5.75 Å². The van der Waals surface area contributed by atoms with Crippen molar-refractivity contribution in [1.82, 2.24) is 5.32 Å². The lowest BCUT2D eigenvalue weighted by atomic mass is 10.0. The molecule has 0 spiro atoms. The Labute approximate surface area is 144 Å². The Hall–Kier alpha value is -2.96. The van der Waals surface area contributed by atoms with E-state index in [-0.39, 0.29) is 17.5 Å². The lowest BCUT2D eigenvalue weighted by molar-refractivity contribution is -0.385. The zero-order valence-corrected chi connectivity index (χ0v) is 13.8. The molecule has 7 heteroatoms. The van der Waals surface area contributed by atoms with Gasteiger partial charge in [-0.3, -0.25) is 14.9 Å². The quantitative estimate of drug-likeness (QED) is 0.583. The Bertz CT molecular complexity index is 737. The van der Waals surface area contributed by atoms with E-state index >= 15 is 0 Å². The molecule has 0 radical (unpaired) electrons. The molecule has 0 bridgehead atoms. The number of nitro groups is 1. The molecule has 1 atom stereocenters. The molecule has 0 fully saturated rings. The average Bonchev–Trinajstić information content (AvgIpc) is 2.60. The highest BCUT2D eigenvalue weighted by Gasteiger charge is 2.18. The summed E-state index contributed by atoms with van der Waals surface area (Å²) in [6.45, 7) is 1.58. The minimum absolute atomic E-state index is 0.176. The van der Waals surface area contributed by atoms with Gasteiger partial charge in [-0.1, -0.05) is 43.7 Å². The molecular weight excluding hydrogens is 327 g/mol. The number of halogens is 1. The van der Waals surface area contributed by atoms with Crippen molar-refractivity contribution < 1.29 is 18.8 Å². The monoisotopic (exact) mass is 346 g/mol. The maximum atomic E-state index is 13.3. The van der Waals surface area contributed by atoms with Crippen LogP contribution in [0, 0.1) is 15.9 Å². The van der Waals surface area contributed by atoms with Gasteiger partial charge in [-0.2, -0.15) is 0 Å². The van der Waals surface area contributed by atoms with Gasteiger partial charge in [0.15, 0.2) is 6.61 Å². The van der Waals surface area contributed by atoms with E-state index in [2.05, 4.69) is 5.32 Å². The number of hydrogen-bond acceptors (Lipinski definition) is 4. The highest BCUT2D eigenvalue weighted by atomic mass is 19.1. The lowest BCUT2D eigenvalue weighted by Gasteiger charge is -2.18. The van der Waals surface area contributed by atoms with E-state index < -0.39 is 23.3 Å². The predicted molar refractivity (Wildman–Crippen MR) is 90.8 cm³/mol. The van der Waals surface area contributed by atoms with Gasteiger partial charge in [0, 0.05) is 12.1 Å². The molecule has 2 aromatic rings. The van der Waals surface area contributed by atoms with E-state index in [4.69, 9.17) is 4.74 Å². The second-order valence-electron chi connectivity index (χ2n) is 5.48. The van der Waals surface area contributed by atoms with E-state index in [1.165, 1.54) is 0 Å².